The Kier molecular flexibility index (Phi) is 5.93. The lowest BCUT2D eigenvalue weighted by Crippen LogP contribution is -2.48. The summed E-state index contributed by atoms with van der Waals surface area (Å²) in [4.78, 5) is 2.06. The summed E-state index contributed by atoms with van der Waals surface area (Å²) < 4.78 is 47.0. The highest BCUT2D eigenvalue weighted by Crippen LogP contribution is 2.32. The molecule has 2 heterocycles. The summed E-state index contributed by atoms with van der Waals surface area (Å²) in [6.45, 7) is 1.30. The van der Waals surface area contributed by atoms with Crippen LogP contribution in [0.4, 0.5) is 8.78 Å². The number of nitrogens with one attached hydrogen (secondary N) is 2. The number of hydrogen-bond acceptors (Lipinski definition) is 6. The average Bonchev–Trinajstić information content (AvgIpc) is 2.96. The molecular weight excluding hydrogens is 362 g/mol. The van der Waals surface area contributed by atoms with Gasteiger partial charge in [-0.3, -0.25) is 4.90 Å². The third kappa shape index (κ3) is 4.24. The molecule has 0 spiro atoms. The van der Waals surface area contributed by atoms with Crippen LogP contribution in [0.2, 0.25) is 0 Å². The lowest BCUT2D eigenvalue weighted by Gasteiger charge is -2.38. The van der Waals surface area contributed by atoms with Crippen molar-refractivity contribution in [3.8, 4) is 0 Å². The summed E-state index contributed by atoms with van der Waals surface area (Å²) in [5.74, 6) is -1.06. The smallest absolute Gasteiger partial charge is 0.129 e. The molecule has 6 nitrogen and oxygen atoms in total. The number of ether oxygens (including phenoxy) is 1. The van der Waals surface area contributed by atoms with E-state index < -0.39 is 35.1 Å². The van der Waals surface area contributed by atoms with Crippen LogP contribution in [0, 0.1) is 17.0 Å². The van der Waals surface area contributed by atoms with Crippen molar-refractivity contribution in [3.05, 3.63) is 47.2 Å². The largest absolute Gasteiger partial charge is 0.593 e. The van der Waals surface area contributed by atoms with Gasteiger partial charge in [0.05, 0.1) is 29.9 Å². The van der Waals surface area contributed by atoms with E-state index >= 15 is 0 Å². The zero-order chi connectivity index (χ0) is 18.8. The summed E-state index contributed by atoms with van der Waals surface area (Å²) in [6.07, 6.45) is 2.98. The molecule has 0 aliphatic carbocycles. The Morgan fingerprint density at radius 3 is 2.88 bits per heavy atom. The van der Waals surface area contributed by atoms with Crippen molar-refractivity contribution >= 4 is 17.1 Å². The Morgan fingerprint density at radius 2 is 2.19 bits per heavy atom. The fourth-order valence-electron chi connectivity index (χ4n) is 3.37. The lowest BCUT2D eigenvalue weighted by atomic mass is 9.93. The molecule has 0 saturated carbocycles. The van der Waals surface area contributed by atoms with Crippen molar-refractivity contribution in [1.82, 2.24) is 9.62 Å². The van der Waals surface area contributed by atoms with E-state index in [-0.39, 0.29) is 11.6 Å². The van der Waals surface area contributed by atoms with Gasteiger partial charge in [-0.25, -0.2) is 13.5 Å². The van der Waals surface area contributed by atoms with E-state index in [1.807, 2.05) is 0 Å². The van der Waals surface area contributed by atoms with E-state index in [4.69, 9.17) is 15.9 Å². The molecule has 2 saturated heterocycles. The molecule has 2 aliphatic rings. The molecule has 142 valence electrons. The number of likely N-dealkylation sites (tertiary alicyclic amines) is 1. The van der Waals surface area contributed by atoms with Crippen LogP contribution >= 0.6 is 0 Å². The highest BCUT2D eigenvalue weighted by atomic mass is 32.2. The van der Waals surface area contributed by atoms with Crippen molar-refractivity contribution in [2.45, 2.75) is 24.6 Å². The summed E-state index contributed by atoms with van der Waals surface area (Å²) in [7, 11) is 0. The van der Waals surface area contributed by atoms with Crippen LogP contribution in [0.5, 0.6) is 0 Å². The Bertz CT molecular complexity index is 716. The van der Waals surface area contributed by atoms with Gasteiger partial charge < -0.3 is 20.4 Å². The normalized spacial score (nSPS) is 30.0. The Morgan fingerprint density at radius 1 is 1.42 bits per heavy atom. The third-order valence-corrected chi connectivity index (χ3v) is 5.15. The number of nitrogens with zero attached hydrogens (tertiary/aromatic N) is 1. The first-order valence-corrected chi connectivity index (χ1v) is 9.83. The van der Waals surface area contributed by atoms with Gasteiger partial charge in [0.1, 0.15) is 24.0 Å². The van der Waals surface area contributed by atoms with Gasteiger partial charge in [0, 0.05) is 36.3 Å². The van der Waals surface area contributed by atoms with E-state index in [9.17, 15) is 13.3 Å². The summed E-state index contributed by atoms with van der Waals surface area (Å²) in [5.41, 5.74) is 7.56. The van der Waals surface area contributed by atoms with Gasteiger partial charge in [-0.05, 0) is 24.6 Å². The van der Waals surface area contributed by atoms with Crippen molar-refractivity contribution < 1.29 is 18.1 Å². The zero-order valence-electron chi connectivity index (χ0n) is 14.4. The fraction of sp³-hybridized carbons (Fsp3) is 0.471. The number of benzene rings is 1. The maximum absolute atomic E-state index is 14.0. The van der Waals surface area contributed by atoms with Crippen LogP contribution < -0.4 is 10.5 Å². The molecular formula is C17H22F2N4O2S. The number of rotatable bonds is 4. The second-order valence-electron chi connectivity index (χ2n) is 6.60. The van der Waals surface area contributed by atoms with Gasteiger partial charge in [-0.1, -0.05) is 0 Å². The van der Waals surface area contributed by atoms with Crippen molar-refractivity contribution in [3.63, 3.8) is 0 Å². The second kappa shape index (κ2) is 8.01. The first-order chi connectivity index (χ1) is 12.3. The van der Waals surface area contributed by atoms with Crippen LogP contribution in [0.15, 0.2) is 30.0 Å². The Hall–Kier alpha value is -1.52. The highest BCUT2D eigenvalue weighted by Gasteiger charge is 2.37. The molecule has 0 aromatic heterocycles. The van der Waals surface area contributed by atoms with E-state index in [1.54, 1.807) is 6.20 Å². The van der Waals surface area contributed by atoms with Crippen LogP contribution in [0.3, 0.4) is 0 Å². The first-order valence-electron chi connectivity index (χ1n) is 8.27. The molecule has 0 amide bonds. The molecule has 1 aromatic rings. The average molecular weight is 384 g/mol. The molecule has 2 aliphatic heterocycles. The molecule has 3 rings (SSSR count). The van der Waals surface area contributed by atoms with Crippen LogP contribution in [-0.4, -0.2) is 53.2 Å². The molecule has 1 aromatic carbocycles. The summed E-state index contributed by atoms with van der Waals surface area (Å²) in [6, 6.07) is 2.78. The van der Waals surface area contributed by atoms with E-state index in [1.165, 1.54) is 6.26 Å². The highest BCUT2D eigenvalue weighted by molar-refractivity contribution is 7.88. The van der Waals surface area contributed by atoms with Crippen LogP contribution in [-0.2, 0) is 16.1 Å². The van der Waals surface area contributed by atoms with Gasteiger partial charge in [-0.2, -0.15) is 0 Å². The topological polar surface area (TPSA) is 97.4 Å². The minimum absolute atomic E-state index is 0.0174. The Balaban J connectivity index is 1.65. The van der Waals surface area contributed by atoms with Gasteiger partial charge >= 0.3 is 0 Å². The molecule has 0 radical (unpaired) electrons. The van der Waals surface area contributed by atoms with Crippen molar-refractivity contribution in [2.75, 3.05) is 26.0 Å². The van der Waals surface area contributed by atoms with E-state index in [2.05, 4.69) is 9.62 Å². The van der Waals surface area contributed by atoms with Gasteiger partial charge in [-0.15, -0.1) is 0 Å². The van der Waals surface area contributed by atoms with Gasteiger partial charge in [0.2, 0.25) is 0 Å². The van der Waals surface area contributed by atoms with Crippen LogP contribution in [0.1, 0.15) is 18.1 Å². The quantitative estimate of drug-likeness (QED) is 0.679. The molecule has 26 heavy (non-hydrogen) atoms. The maximum Gasteiger partial charge on any atom is 0.129 e. The lowest BCUT2D eigenvalue weighted by molar-refractivity contribution is -0.0452. The minimum atomic E-state index is -1.18. The molecule has 4 atom stereocenters. The number of hydrogen-bond donors (Lipinski definition) is 3. The predicted molar refractivity (Wildman–Crippen MR) is 96.0 cm³/mol. The van der Waals surface area contributed by atoms with E-state index in [0.717, 1.165) is 23.8 Å². The maximum atomic E-state index is 14.0. The standard InChI is InChI=1S/C17H22F2N4O2S/c1-26(24)22-6-10-7-23(8-16(10)21)12-5-15(20)17(25-9-12)13-4-11(18)2-3-14(13)19/h2-4,6,12,15,17,21-22H,5,7-9,20H2,1H3/b10-6-,21-16?/t12?,15?,17-,26?/m1/s1. The van der Waals surface area contributed by atoms with Crippen LogP contribution in [0.25, 0.3) is 0 Å². The van der Waals surface area contributed by atoms with Gasteiger partial charge in [0.25, 0.3) is 0 Å². The monoisotopic (exact) mass is 384 g/mol. The summed E-state index contributed by atoms with van der Waals surface area (Å²) in [5, 5.41) is 8.06. The molecule has 2 fully saturated rings. The Labute approximate surface area is 154 Å². The third-order valence-electron chi connectivity index (χ3n) is 4.70. The van der Waals surface area contributed by atoms with Crippen molar-refractivity contribution in [2.24, 2.45) is 5.73 Å². The van der Waals surface area contributed by atoms with Gasteiger partial charge in [0.15, 0.2) is 0 Å². The fourth-order valence-corrected chi connectivity index (χ4v) is 3.68. The SMILES string of the molecule is C[S+]([O-])N/C=C1/CN(C2CO[C@H](c3cc(F)ccc3F)C(N)C2)CC1=N. The number of halogens is 2. The summed E-state index contributed by atoms with van der Waals surface area (Å²) >= 11 is -1.18. The molecule has 0 bridgehead atoms. The molecule has 4 N–H and O–H groups in total. The molecule has 3 unspecified atom stereocenters. The second-order valence-corrected chi connectivity index (χ2v) is 7.74. The van der Waals surface area contributed by atoms with Crippen molar-refractivity contribution in [1.29, 1.82) is 5.41 Å². The minimum Gasteiger partial charge on any atom is -0.593 e. The molecule has 9 heteroatoms. The van der Waals surface area contributed by atoms with E-state index in [0.29, 0.717) is 31.8 Å². The predicted octanol–water partition coefficient (Wildman–Crippen LogP) is 1.22. The zero-order valence-corrected chi connectivity index (χ0v) is 15.2. The first kappa shape index (κ1) is 19.2. The number of nitrogens with two attached hydrogens (primary N) is 1.